The van der Waals surface area contributed by atoms with Gasteiger partial charge in [-0.2, -0.15) is 18.3 Å². The second kappa shape index (κ2) is 9.30. The van der Waals surface area contributed by atoms with Crippen LogP contribution in [-0.2, 0) is 19.4 Å². The van der Waals surface area contributed by atoms with Crippen LogP contribution in [0.5, 0.6) is 0 Å². The molecule has 3 heterocycles. The average molecular weight is 631 g/mol. The van der Waals surface area contributed by atoms with Crippen molar-refractivity contribution in [2.45, 2.75) is 87.4 Å². The van der Waals surface area contributed by atoms with Gasteiger partial charge in [0.2, 0.25) is 5.91 Å². The zero-order chi connectivity index (χ0) is 30.6. The average Bonchev–Trinajstić information content (AvgIpc) is 3.53. The minimum Gasteiger partial charge on any atom is -0.345 e. The highest BCUT2D eigenvalue weighted by atomic mass is 32.2. The quantitative estimate of drug-likeness (QED) is 0.486. The summed E-state index contributed by atoms with van der Waals surface area (Å²) in [7, 11) is -3.52. The Hall–Kier alpha value is -2.91. The topological polar surface area (TPSA) is 127 Å². The molecule has 43 heavy (non-hydrogen) atoms. The van der Waals surface area contributed by atoms with Gasteiger partial charge < -0.3 is 10.2 Å². The SMILES string of the molecule is O=C(N[C@H](c1cn2ncc([C@H]3CS(=O)(=O)CCN3C(=O)C34CC(F)(C3)C4)nc2n1)C1CCC(C(F)(F)F)CC1)C1(F)CC1. The van der Waals surface area contributed by atoms with Crippen molar-refractivity contribution in [1.29, 1.82) is 0 Å². The van der Waals surface area contributed by atoms with Gasteiger partial charge in [0.25, 0.3) is 11.7 Å². The Kier molecular flexibility index (Phi) is 6.24. The summed E-state index contributed by atoms with van der Waals surface area (Å²) in [6.45, 7) is -0.0564. The third kappa shape index (κ3) is 4.96. The van der Waals surface area contributed by atoms with Crippen molar-refractivity contribution < 1.29 is 40.0 Å². The number of carbonyl (C=O) groups is 2. The highest BCUT2D eigenvalue weighted by molar-refractivity contribution is 7.91. The second-order valence-electron chi connectivity index (χ2n) is 13.3. The van der Waals surface area contributed by atoms with E-state index in [1.807, 2.05) is 0 Å². The maximum atomic E-state index is 14.6. The molecule has 2 aromatic rings. The smallest absolute Gasteiger partial charge is 0.345 e. The van der Waals surface area contributed by atoms with Gasteiger partial charge in [-0.25, -0.2) is 31.7 Å². The maximum Gasteiger partial charge on any atom is 0.391 e. The van der Waals surface area contributed by atoms with E-state index in [-0.39, 0.29) is 98.9 Å². The first-order valence-corrected chi connectivity index (χ1v) is 16.4. The van der Waals surface area contributed by atoms with Crippen LogP contribution in [0.1, 0.15) is 81.3 Å². The van der Waals surface area contributed by atoms with E-state index in [4.69, 9.17) is 0 Å². The number of carbonyl (C=O) groups excluding carboxylic acids is 2. The normalized spacial score (nSPS) is 35.0. The fraction of sp³-hybridized carbons (Fsp3) is 0.741. The van der Waals surface area contributed by atoms with E-state index >= 15 is 0 Å². The summed E-state index contributed by atoms with van der Waals surface area (Å²) < 4.78 is 95.2. The number of hydrogen-bond acceptors (Lipinski definition) is 7. The van der Waals surface area contributed by atoms with E-state index in [0.29, 0.717) is 0 Å². The molecular weight excluding hydrogens is 599 g/mol. The highest BCUT2D eigenvalue weighted by Crippen LogP contribution is 2.70. The Labute approximate surface area is 243 Å². The highest BCUT2D eigenvalue weighted by Gasteiger charge is 2.73. The van der Waals surface area contributed by atoms with Gasteiger partial charge in [0.15, 0.2) is 15.5 Å². The Morgan fingerprint density at radius 3 is 2.33 bits per heavy atom. The zero-order valence-corrected chi connectivity index (χ0v) is 23.9. The number of halogens is 5. The third-order valence-electron chi connectivity index (χ3n) is 10.1. The van der Waals surface area contributed by atoms with Gasteiger partial charge in [-0.15, -0.1) is 0 Å². The Balaban J connectivity index is 1.17. The summed E-state index contributed by atoms with van der Waals surface area (Å²) in [6, 6.07) is -1.84. The number of nitrogens with one attached hydrogen (secondary N) is 1. The van der Waals surface area contributed by atoms with Crippen LogP contribution in [0, 0.1) is 17.3 Å². The molecule has 0 aromatic carbocycles. The number of alkyl halides is 5. The molecule has 2 atom stereocenters. The molecule has 2 aromatic heterocycles. The number of rotatable bonds is 6. The van der Waals surface area contributed by atoms with Gasteiger partial charge in [0.1, 0.15) is 5.67 Å². The Morgan fingerprint density at radius 2 is 1.72 bits per heavy atom. The van der Waals surface area contributed by atoms with Crippen molar-refractivity contribution in [3.8, 4) is 0 Å². The molecule has 5 aliphatic carbocycles. The molecule has 0 spiro atoms. The molecule has 10 nitrogen and oxygen atoms in total. The second-order valence-corrected chi connectivity index (χ2v) is 15.5. The number of sulfone groups is 1. The lowest BCUT2D eigenvalue weighted by Gasteiger charge is -2.65. The lowest BCUT2D eigenvalue weighted by Crippen LogP contribution is -2.71. The molecule has 1 saturated heterocycles. The van der Waals surface area contributed by atoms with Gasteiger partial charge in [0, 0.05) is 6.54 Å². The van der Waals surface area contributed by atoms with Crippen molar-refractivity contribution in [3.05, 3.63) is 23.8 Å². The summed E-state index contributed by atoms with van der Waals surface area (Å²) >= 11 is 0. The van der Waals surface area contributed by atoms with Crippen LogP contribution in [-0.4, -0.2) is 80.3 Å². The summed E-state index contributed by atoms with van der Waals surface area (Å²) in [5.41, 5.74) is -3.70. The first-order valence-electron chi connectivity index (χ1n) is 14.6. The predicted octanol–water partition coefficient (Wildman–Crippen LogP) is 3.34. The molecule has 8 rings (SSSR count). The number of hydrogen-bond donors (Lipinski definition) is 1. The van der Waals surface area contributed by atoms with Crippen molar-refractivity contribution >= 4 is 27.4 Å². The maximum absolute atomic E-state index is 14.6. The van der Waals surface area contributed by atoms with E-state index in [1.54, 1.807) is 0 Å². The first-order chi connectivity index (χ1) is 20.1. The van der Waals surface area contributed by atoms with Gasteiger partial charge in [-0.3, -0.25) is 9.59 Å². The van der Waals surface area contributed by atoms with Crippen LogP contribution in [0.2, 0.25) is 0 Å². The molecule has 2 amide bonds. The molecule has 6 aliphatic rings. The molecule has 6 fully saturated rings. The Bertz CT molecular complexity index is 1580. The fourth-order valence-corrected chi connectivity index (χ4v) is 8.90. The lowest BCUT2D eigenvalue weighted by molar-refractivity contribution is -0.223. The van der Waals surface area contributed by atoms with Gasteiger partial charge >= 0.3 is 6.18 Å². The van der Waals surface area contributed by atoms with Crippen molar-refractivity contribution in [1.82, 2.24) is 29.8 Å². The Morgan fingerprint density at radius 1 is 1.05 bits per heavy atom. The summed E-state index contributed by atoms with van der Waals surface area (Å²) in [5.74, 6) is -3.58. The molecule has 1 aliphatic heterocycles. The summed E-state index contributed by atoms with van der Waals surface area (Å²) in [4.78, 5) is 36.6. The van der Waals surface area contributed by atoms with Crippen molar-refractivity contribution in [2.24, 2.45) is 17.3 Å². The molecule has 1 N–H and O–H groups in total. The minimum atomic E-state index is -4.32. The molecular formula is C27H31F5N6O4S. The van der Waals surface area contributed by atoms with Crippen LogP contribution in [0.15, 0.2) is 12.4 Å². The van der Waals surface area contributed by atoms with E-state index in [2.05, 4.69) is 20.4 Å². The van der Waals surface area contributed by atoms with E-state index in [1.165, 1.54) is 21.8 Å². The van der Waals surface area contributed by atoms with E-state index in [9.17, 15) is 40.0 Å². The van der Waals surface area contributed by atoms with Crippen LogP contribution >= 0.6 is 0 Å². The van der Waals surface area contributed by atoms with Crippen LogP contribution in [0.3, 0.4) is 0 Å². The zero-order valence-electron chi connectivity index (χ0n) is 23.1. The summed E-state index contributed by atoms with van der Waals surface area (Å²) in [5, 5.41) is 6.99. The van der Waals surface area contributed by atoms with Gasteiger partial charge in [0.05, 0.1) is 58.7 Å². The molecule has 16 heteroatoms. The summed E-state index contributed by atoms with van der Waals surface area (Å²) in [6.07, 6.45) is -0.971. The van der Waals surface area contributed by atoms with Crippen LogP contribution < -0.4 is 5.32 Å². The standard InChI is InChI=1S/C27H31F5N6O4S/c28-25-12-24(13-25,14-25)22(40)37-7-8-43(41,42)11-19(37)17-9-33-38-10-18(35-23(38)34-17)20(36-21(39)26(29)5-6-26)15-1-3-16(4-2-15)27(30,31)32/h9-10,15-16,19-20H,1-8,11-14H2,(H,36,39)/t15?,16?,19-,20+,24?,25?/m1/s1. The van der Waals surface area contributed by atoms with Crippen molar-refractivity contribution in [3.63, 3.8) is 0 Å². The van der Waals surface area contributed by atoms with Crippen molar-refractivity contribution in [2.75, 3.05) is 18.1 Å². The third-order valence-corrected chi connectivity index (χ3v) is 11.7. The first kappa shape index (κ1) is 28.8. The van der Waals surface area contributed by atoms with Crippen LogP contribution in [0.4, 0.5) is 22.0 Å². The van der Waals surface area contributed by atoms with Crippen LogP contribution in [0.25, 0.3) is 5.78 Å². The number of fused-ring (bicyclic) bond motifs is 1. The molecule has 0 unspecified atom stereocenters. The van der Waals surface area contributed by atoms with E-state index < -0.39 is 62.6 Å². The molecule has 234 valence electrons. The molecule has 5 saturated carbocycles. The monoisotopic (exact) mass is 630 g/mol. The molecule has 2 bridgehead atoms. The number of imidazole rings is 1. The number of aromatic nitrogens is 4. The molecule has 0 radical (unpaired) electrons. The number of nitrogens with zero attached hydrogens (tertiary/aromatic N) is 5. The van der Waals surface area contributed by atoms with E-state index in [0.717, 1.165) is 0 Å². The lowest BCUT2D eigenvalue weighted by atomic mass is 9.42. The minimum absolute atomic E-state index is 0.0284. The van der Waals surface area contributed by atoms with Gasteiger partial charge in [-0.05, 0) is 63.7 Å². The van der Waals surface area contributed by atoms with Gasteiger partial charge in [-0.1, -0.05) is 0 Å². The number of amides is 2. The fourth-order valence-electron chi connectivity index (χ4n) is 7.43. The predicted molar refractivity (Wildman–Crippen MR) is 139 cm³/mol. The largest absolute Gasteiger partial charge is 0.391 e.